The second-order valence-corrected chi connectivity index (χ2v) is 24.5. The van der Waals surface area contributed by atoms with Gasteiger partial charge in [0.15, 0.2) is 0 Å². The Morgan fingerprint density at radius 3 is 0.735 bits per heavy atom. The summed E-state index contributed by atoms with van der Waals surface area (Å²) in [5, 5.41) is 77.3. The first-order valence-corrected chi connectivity index (χ1v) is 34.5. The summed E-state index contributed by atoms with van der Waals surface area (Å²) in [6, 6.07) is 49.6. The van der Waals surface area contributed by atoms with E-state index in [1.807, 2.05) is 78.9 Å². The third-order valence-electron chi connectivity index (χ3n) is 16.1. The molecule has 0 aliphatic rings. The highest BCUT2D eigenvalue weighted by molar-refractivity contribution is 5.52. The van der Waals surface area contributed by atoms with Crippen LogP contribution in [0.2, 0.25) is 0 Å². The number of aliphatic hydroxyl groups excluding tert-OH is 8. The molecule has 0 heterocycles. The topological polar surface area (TPSA) is 245 Å². The van der Waals surface area contributed by atoms with Gasteiger partial charge in [-0.1, -0.05) is 55.5 Å². The second-order valence-electron chi connectivity index (χ2n) is 24.5. The minimum absolute atomic E-state index is 0.00130. The van der Waals surface area contributed by atoms with Crippen molar-refractivity contribution in [1.29, 1.82) is 0 Å². The van der Waals surface area contributed by atoms with Gasteiger partial charge in [0, 0.05) is 103 Å². The summed E-state index contributed by atoms with van der Waals surface area (Å²) in [6.07, 6.45) is 7.89. The maximum absolute atomic E-state index is 9.81. The monoisotopic (exact) mass is 1340 g/mol. The van der Waals surface area contributed by atoms with Gasteiger partial charge in [-0.25, -0.2) is 0 Å². The Labute approximate surface area is 577 Å². The molecule has 0 saturated heterocycles. The first-order valence-electron chi connectivity index (χ1n) is 34.5. The van der Waals surface area contributed by atoms with Crippen LogP contribution in [0.25, 0.3) is 0 Å². The lowest BCUT2D eigenvalue weighted by Crippen LogP contribution is -2.05. The van der Waals surface area contributed by atoms with Crippen LogP contribution in [0, 0.1) is 0 Å². The summed E-state index contributed by atoms with van der Waals surface area (Å²) in [5.41, 5.74) is 15.1. The Balaban J connectivity index is 1.10. The van der Waals surface area contributed by atoms with Crippen LogP contribution >= 0.6 is 0 Å². The van der Waals surface area contributed by atoms with E-state index < -0.39 is 0 Å². The van der Waals surface area contributed by atoms with E-state index in [1.165, 1.54) is 0 Å². The summed E-state index contributed by atoms with van der Waals surface area (Å²) in [5.74, 6) is 6.27. The van der Waals surface area contributed by atoms with Crippen molar-refractivity contribution in [3.8, 4) is 51.7 Å². The molecule has 0 unspecified atom stereocenters. The Morgan fingerprint density at radius 2 is 0.469 bits per heavy atom. The fraction of sp³-hybridized carbons (Fsp3) is 0.407. The fourth-order valence-corrected chi connectivity index (χ4v) is 11.9. The van der Waals surface area contributed by atoms with Crippen LogP contribution in [0.3, 0.4) is 0 Å². The van der Waals surface area contributed by atoms with Crippen LogP contribution in [0.1, 0.15) is 135 Å². The molecule has 8 aromatic carbocycles. The van der Waals surface area contributed by atoms with Crippen LogP contribution in [0.5, 0.6) is 51.7 Å². The van der Waals surface area contributed by atoms with Crippen LogP contribution < -0.4 is 42.6 Å². The van der Waals surface area contributed by atoms with Gasteiger partial charge in [0.2, 0.25) is 0 Å². The van der Waals surface area contributed by atoms with E-state index in [0.29, 0.717) is 176 Å². The first-order chi connectivity index (χ1) is 48.0. The molecule has 526 valence electrons. The van der Waals surface area contributed by atoms with E-state index in [-0.39, 0.29) is 59.5 Å². The maximum Gasteiger partial charge on any atom is 0.125 e. The summed E-state index contributed by atoms with van der Waals surface area (Å²) in [4.78, 5) is 0. The first kappa shape index (κ1) is 75.4. The van der Waals surface area contributed by atoms with Crippen LogP contribution in [0.15, 0.2) is 146 Å². The summed E-state index contributed by atoms with van der Waals surface area (Å²) >= 11 is 0. The summed E-state index contributed by atoms with van der Waals surface area (Å²) in [7, 11) is 1.67. The normalized spacial score (nSPS) is 11.2. The molecule has 0 saturated carbocycles. The van der Waals surface area contributed by atoms with Crippen molar-refractivity contribution < 1.29 is 83.5 Å². The lowest BCUT2D eigenvalue weighted by atomic mass is 9.94. The average Bonchev–Trinajstić information content (AvgIpc) is 0.847. The van der Waals surface area contributed by atoms with Gasteiger partial charge in [-0.3, -0.25) is 0 Å². The van der Waals surface area contributed by atoms with Crippen LogP contribution in [0.4, 0.5) is 0 Å². The molecule has 17 heteroatoms. The molecule has 17 nitrogen and oxygen atoms in total. The number of aliphatic hydroxyl groups is 8. The molecular formula is C81H100O17. The molecule has 0 fully saturated rings. The lowest BCUT2D eigenvalue weighted by Gasteiger charge is -2.17. The van der Waals surface area contributed by atoms with E-state index in [9.17, 15) is 40.9 Å². The van der Waals surface area contributed by atoms with Gasteiger partial charge in [0.1, 0.15) is 58.4 Å². The smallest absolute Gasteiger partial charge is 0.125 e. The number of methoxy groups -OCH3 is 1. The predicted octanol–water partition coefficient (Wildman–Crippen LogP) is 11.1. The van der Waals surface area contributed by atoms with Crippen LogP contribution in [-0.2, 0) is 51.4 Å². The van der Waals surface area contributed by atoms with E-state index in [1.54, 1.807) is 7.11 Å². The largest absolute Gasteiger partial charge is 0.496 e. The highest BCUT2D eigenvalue weighted by Gasteiger charge is 2.18. The van der Waals surface area contributed by atoms with Crippen molar-refractivity contribution in [3.63, 3.8) is 0 Å². The van der Waals surface area contributed by atoms with Gasteiger partial charge in [-0.2, -0.15) is 0 Å². The average molecular weight is 1350 g/mol. The van der Waals surface area contributed by atoms with Gasteiger partial charge in [-0.05, 0) is 220 Å². The fourth-order valence-electron chi connectivity index (χ4n) is 11.9. The number of aryl methyl sites for hydroxylation is 1. The van der Waals surface area contributed by atoms with Gasteiger partial charge in [0.25, 0.3) is 0 Å². The minimum Gasteiger partial charge on any atom is -0.496 e. The number of hydrogen-bond donors (Lipinski definition) is 8. The third-order valence-corrected chi connectivity index (χ3v) is 16.1. The standard InChI is InChI=1S/C81H100O17/c1-3-71-56-80(98-29-21-89)57-72(81(71)90-2)42-70-41-69(54-79(55-70)97-28-11-20-88)40-68-39-67(52-78(53-68)96-27-10-19-87)38-66-37-65(50-77(51-66)95-26-9-18-86)36-64-35-63(48-76(49-64)94-25-8-17-85)34-62-33-61(46-75(47-62)93-24-7-16-84)32-60-31-59(44-74(45-60)92-23-6-15-83)30-58-12-4-13-73(43-58)91-22-5-14-82/h4,12-13,31,33,35,37,39,41,43-57,82-89H,3,5-11,14-30,32,34,36,38,40,42H2,1-2H3. The van der Waals surface area contributed by atoms with Gasteiger partial charge in [-0.15, -0.1) is 0 Å². The minimum atomic E-state index is -0.107. The Hall–Kier alpha value is -8.36. The number of hydrogen-bond acceptors (Lipinski definition) is 17. The molecule has 0 amide bonds. The van der Waals surface area contributed by atoms with Crippen molar-refractivity contribution in [2.45, 2.75) is 103 Å². The van der Waals surface area contributed by atoms with E-state index in [2.05, 4.69) is 73.7 Å². The second kappa shape index (κ2) is 41.8. The Bertz CT molecular complexity index is 3680. The Kier molecular flexibility index (Phi) is 32.2. The zero-order valence-corrected chi connectivity index (χ0v) is 57.0. The summed E-state index contributed by atoms with van der Waals surface area (Å²) in [6.45, 7) is 4.61. The molecule has 8 aromatic rings. The molecule has 0 bridgehead atoms. The number of ether oxygens (including phenoxy) is 9. The molecule has 8 rings (SSSR count). The van der Waals surface area contributed by atoms with Gasteiger partial charge >= 0.3 is 0 Å². The quantitative estimate of drug-likeness (QED) is 0.0165. The van der Waals surface area contributed by atoms with E-state index >= 15 is 0 Å². The zero-order valence-electron chi connectivity index (χ0n) is 57.0. The van der Waals surface area contributed by atoms with Crippen LogP contribution in [-0.4, -0.2) is 154 Å². The number of benzene rings is 8. The third kappa shape index (κ3) is 25.5. The van der Waals surface area contributed by atoms with Crippen molar-refractivity contribution in [2.75, 3.05) is 113 Å². The summed E-state index contributed by atoms with van der Waals surface area (Å²) < 4.78 is 55.6. The van der Waals surface area contributed by atoms with E-state index in [4.69, 9.17) is 42.6 Å². The molecule has 0 radical (unpaired) electrons. The molecule has 0 aromatic heterocycles. The lowest BCUT2D eigenvalue weighted by molar-refractivity contribution is 0.201. The van der Waals surface area contributed by atoms with Crippen molar-refractivity contribution in [1.82, 2.24) is 0 Å². The maximum atomic E-state index is 9.81. The predicted molar refractivity (Wildman–Crippen MR) is 380 cm³/mol. The SMILES string of the molecule is CCc1cc(OCCO)cc(Cc2cc(Cc3cc(Cc4cc(Cc5cc(Cc6cc(Cc7cc(Cc8cccc(OCCCO)c8)cc(OCCCO)c7)cc(OCCCO)c6)cc(OCCCO)c5)cc(OCCCO)c4)cc(OCCCO)c3)cc(OCCCO)c2)c1OC. The van der Waals surface area contributed by atoms with Gasteiger partial charge < -0.3 is 83.5 Å². The molecule has 0 aliphatic heterocycles. The molecule has 0 atom stereocenters. The molecule has 8 N–H and O–H groups in total. The van der Waals surface area contributed by atoms with Crippen molar-refractivity contribution in [2.24, 2.45) is 0 Å². The molecule has 0 aliphatic carbocycles. The number of rotatable bonds is 47. The van der Waals surface area contributed by atoms with Crippen molar-refractivity contribution >= 4 is 0 Å². The highest BCUT2D eigenvalue weighted by Crippen LogP contribution is 2.35. The molecule has 0 spiro atoms. The molecule has 98 heavy (non-hydrogen) atoms. The zero-order chi connectivity index (χ0) is 69.1. The molecular weight excluding hydrogens is 1240 g/mol. The Morgan fingerprint density at radius 1 is 0.235 bits per heavy atom. The van der Waals surface area contributed by atoms with E-state index in [0.717, 1.165) is 101 Å². The highest BCUT2D eigenvalue weighted by atomic mass is 16.5. The van der Waals surface area contributed by atoms with Gasteiger partial charge in [0.05, 0.1) is 60.0 Å². The van der Waals surface area contributed by atoms with Crippen molar-refractivity contribution in [3.05, 3.63) is 229 Å².